The lowest BCUT2D eigenvalue weighted by Gasteiger charge is -2.25. The van der Waals surface area contributed by atoms with Crippen LogP contribution in [-0.4, -0.2) is 9.97 Å². The Morgan fingerprint density at radius 1 is 0.311 bits per heavy atom. The summed E-state index contributed by atoms with van der Waals surface area (Å²) in [4.78, 5) is 14.5. The van der Waals surface area contributed by atoms with Gasteiger partial charge in [-0.15, -0.1) is 0 Å². The van der Waals surface area contributed by atoms with Gasteiger partial charge in [-0.2, -0.15) is 4.98 Å². The van der Waals surface area contributed by atoms with E-state index in [1.807, 2.05) is 42.6 Å². The third-order valence-corrected chi connectivity index (χ3v) is 11.9. The molecule has 0 unspecified atom stereocenters. The summed E-state index contributed by atoms with van der Waals surface area (Å²) in [5.41, 5.74) is 9.22. The van der Waals surface area contributed by atoms with Gasteiger partial charge in [0.25, 0.3) is 0 Å². The number of hydrogen-bond donors (Lipinski definition) is 0. The SMILES string of the molecule is c1ccc2cc(N(c3ccc4c(c3)oc3ccccc34)c3ccc4c(c3)oc3nc(N(c5ccc6ccccc6c5)c5ccc6c(c5)oc5ccccc56)ncc34)ccc2c1. The van der Waals surface area contributed by atoms with Crippen LogP contribution in [0.1, 0.15) is 0 Å². The fourth-order valence-electron chi connectivity index (χ4n) is 8.96. The van der Waals surface area contributed by atoms with Crippen LogP contribution in [0.3, 0.4) is 0 Å². The Kier molecular flexibility index (Phi) is 7.17. The van der Waals surface area contributed by atoms with Crippen LogP contribution in [-0.2, 0) is 0 Å². The summed E-state index contributed by atoms with van der Waals surface area (Å²) in [7, 11) is 0. The summed E-state index contributed by atoms with van der Waals surface area (Å²) in [5.74, 6) is 0.481. The van der Waals surface area contributed by atoms with Gasteiger partial charge >= 0.3 is 0 Å². The van der Waals surface area contributed by atoms with E-state index < -0.39 is 0 Å². The third-order valence-electron chi connectivity index (χ3n) is 11.9. The molecule has 0 saturated carbocycles. The van der Waals surface area contributed by atoms with Crippen molar-refractivity contribution in [3.63, 3.8) is 0 Å². The summed E-state index contributed by atoms with van der Waals surface area (Å²) in [5, 5.41) is 10.7. The number of aromatic nitrogens is 2. The topological polar surface area (TPSA) is 71.7 Å². The molecule has 13 rings (SSSR count). The van der Waals surface area contributed by atoms with Gasteiger partial charge in [-0.05, 0) is 94.3 Å². The third kappa shape index (κ3) is 5.38. The van der Waals surface area contributed by atoms with Crippen LogP contribution < -0.4 is 9.80 Å². The van der Waals surface area contributed by atoms with Crippen molar-refractivity contribution in [3.05, 3.63) is 194 Å². The maximum Gasteiger partial charge on any atom is 0.237 e. The minimum Gasteiger partial charge on any atom is -0.456 e. The molecule has 0 N–H and O–H groups in total. The standard InChI is InChI=1S/C54H32N4O3/c1-3-11-35-27-37(19-17-33(35)9-1)57(39-21-24-44-42-13-5-7-15-48(42)59-50(44)29-39)40-22-26-46-47-32-55-54(56-53(47)61-52(46)30-40)58(38-20-18-34-10-2-4-12-36(34)28-38)41-23-25-45-43-14-6-8-16-49(43)60-51(45)31-41/h1-32H. The molecule has 0 aliphatic heterocycles. The van der Waals surface area contributed by atoms with Gasteiger partial charge < -0.3 is 18.2 Å². The van der Waals surface area contributed by atoms with Crippen molar-refractivity contribution >= 4 is 122 Å². The van der Waals surface area contributed by atoms with Gasteiger partial charge in [0.1, 0.15) is 27.9 Å². The van der Waals surface area contributed by atoms with Crippen LogP contribution >= 0.6 is 0 Å². The lowest BCUT2D eigenvalue weighted by molar-refractivity contribution is 0.653. The Balaban J connectivity index is 0.961. The van der Waals surface area contributed by atoms with E-state index in [1.165, 1.54) is 5.39 Å². The molecule has 61 heavy (non-hydrogen) atoms. The molecule has 0 aliphatic rings. The predicted molar refractivity (Wildman–Crippen MR) is 248 cm³/mol. The number of hydrogen-bond acceptors (Lipinski definition) is 7. The van der Waals surface area contributed by atoms with Crippen LogP contribution in [0.2, 0.25) is 0 Å². The molecule has 7 nitrogen and oxygen atoms in total. The van der Waals surface area contributed by atoms with Crippen LogP contribution in [0.5, 0.6) is 0 Å². The summed E-state index contributed by atoms with van der Waals surface area (Å²) < 4.78 is 19.4. The van der Waals surface area contributed by atoms with Crippen molar-refractivity contribution in [2.75, 3.05) is 9.80 Å². The maximum atomic E-state index is 6.70. The highest BCUT2D eigenvalue weighted by Gasteiger charge is 2.22. The van der Waals surface area contributed by atoms with E-state index in [-0.39, 0.29) is 0 Å². The second kappa shape index (κ2) is 13.0. The summed E-state index contributed by atoms with van der Waals surface area (Å²) >= 11 is 0. The molecule has 0 saturated heterocycles. The minimum atomic E-state index is 0.481. The van der Waals surface area contributed by atoms with E-state index in [0.29, 0.717) is 17.2 Å². The Morgan fingerprint density at radius 2 is 0.721 bits per heavy atom. The summed E-state index contributed by atoms with van der Waals surface area (Å²) in [6, 6.07) is 65.0. The smallest absolute Gasteiger partial charge is 0.237 e. The Hall–Kier alpha value is -8.42. The first-order chi connectivity index (χ1) is 30.2. The summed E-state index contributed by atoms with van der Waals surface area (Å²) in [6.45, 7) is 0. The van der Waals surface area contributed by atoms with Gasteiger partial charge in [-0.1, -0.05) is 97.1 Å². The van der Waals surface area contributed by atoms with Gasteiger partial charge in [-0.3, -0.25) is 4.90 Å². The fourth-order valence-corrected chi connectivity index (χ4v) is 8.96. The van der Waals surface area contributed by atoms with Crippen LogP contribution in [0, 0.1) is 0 Å². The van der Waals surface area contributed by atoms with Gasteiger partial charge in [-0.25, -0.2) is 4.98 Å². The Bertz CT molecular complexity index is 3630. The first-order valence-electron chi connectivity index (χ1n) is 20.3. The zero-order chi connectivity index (χ0) is 40.0. The number of benzene rings is 9. The number of rotatable bonds is 6. The lowest BCUT2D eigenvalue weighted by atomic mass is 10.1. The van der Waals surface area contributed by atoms with Crippen molar-refractivity contribution in [2.24, 2.45) is 0 Å². The molecule has 13 aromatic rings. The first kappa shape index (κ1) is 33.5. The normalized spacial score (nSPS) is 11.9. The molecule has 9 aromatic carbocycles. The average Bonchev–Trinajstić information content (AvgIpc) is 3.99. The number of para-hydroxylation sites is 2. The molecule has 0 radical (unpaired) electrons. The molecule has 0 amide bonds. The second-order valence-electron chi connectivity index (χ2n) is 15.5. The molecule has 0 fully saturated rings. The minimum absolute atomic E-state index is 0.481. The van der Waals surface area contributed by atoms with Gasteiger partial charge in [0.2, 0.25) is 11.7 Å². The van der Waals surface area contributed by atoms with E-state index >= 15 is 0 Å². The maximum absolute atomic E-state index is 6.70. The van der Waals surface area contributed by atoms with E-state index in [2.05, 4.69) is 161 Å². The second-order valence-corrected chi connectivity index (χ2v) is 15.5. The van der Waals surface area contributed by atoms with Crippen molar-refractivity contribution in [3.8, 4) is 0 Å². The molecular formula is C54H32N4O3. The Labute approximate surface area is 347 Å². The van der Waals surface area contributed by atoms with Gasteiger partial charge in [0, 0.05) is 74.1 Å². The average molecular weight is 785 g/mol. The number of fused-ring (bicyclic) bond motifs is 11. The van der Waals surface area contributed by atoms with Crippen molar-refractivity contribution in [1.29, 1.82) is 0 Å². The van der Waals surface area contributed by atoms with Crippen molar-refractivity contribution in [1.82, 2.24) is 9.97 Å². The molecular weight excluding hydrogens is 753 g/mol. The fraction of sp³-hybridized carbons (Fsp3) is 0. The van der Waals surface area contributed by atoms with Crippen molar-refractivity contribution < 1.29 is 13.3 Å². The highest BCUT2D eigenvalue weighted by molar-refractivity contribution is 6.09. The molecule has 4 heterocycles. The largest absolute Gasteiger partial charge is 0.456 e. The number of anilines is 6. The molecule has 4 aromatic heterocycles. The predicted octanol–water partition coefficient (Wildman–Crippen LogP) is 15.4. The first-order valence-corrected chi connectivity index (χ1v) is 20.3. The lowest BCUT2D eigenvalue weighted by Crippen LogP contribution is -2.13. The highest BCUT2D eigenvalue weighted by atomic mass is 16.3. The molecule has 7 heteroatoms. The summed E-state index contributed by atoms with van der Waals surface area (Å²) in [6.07, 6.45) is 1.87. The molecule has 0 bridgehead atoms. The molecule has 0 atom stereocenters. The molecule has 286 valence electrons. The van der Waals surface area contributed by atoms with Crippen LogP contribution in [0.15, 0.2) is 208 Å². The van der Waals surface area contributed by atoms with Gasteiger partial charge in [0.05, 0.1) is 11.1 Å². The van der Waals surface area contributed by atoms with E-state index in [9.17, 15) is 0 Å². The van der Waals surface area contributed by atoms with Crippen LogP contribution in [0.25, 0.3) is 87.5 Å². The van der Waals surface area contributed by atoms with E-state index in [0.717, 1.165) is 99.2 Å². The zero-order valence-corrected chi connectivity index (χ0v) is 32.5. The van der Waals surface area contributed by atoms with E-state index in [4.69, 9.17) is 23.2 Å². The quantitative estimate of drug-likeness (QED) is 0.166. The number of furan rings is 3. The Morgan fingerprint density at radius 3 is 1.30 bits per heavy atom. The number of nitrogens with zero attached hydrogens (tertiary/aromatic N) is 4. The molecule has 0 spiro atoms. The van der Waals surface area contributed by atoms with Crippen molar-refractivity contribution in [2.45, 2.75) is 0 Å². The van der Waals surface area contributed by atoms with Gasteiger partial charge in [0.15, 0.2) is 0 Å². The monoisotopic (exact) mass is 784 g/mol. The van der Waals surface area contributed by atoms with E-state index in [1.54, 1.807) is 0 Å². The highest BCUT2D eigenvalue weighted by Crippen LogP contribution is 2.43. The van der Waals surface area contributed by atoms with Crippen LogP contribution in [0.4, 0.5) is 34.4 Å². The zero-order valence-electron chi connectivity index (χ0n) is 32.5. The molecule has 0 aliphatic carbocycles.